The molecular formula is C22H20O2S. The largest absolute Gasteiger partial charge is 0.508 e. The Kier molecular flexibility index (Phi) is 5.81. The van der Waals surface area contributed by atoms with Crippen LogP contribution in [0.5, 0.6) is 11.5 Å². The highest BCUT2D eigenvalue weighted by Gasteiger charge is 2.06. The number of phenols is 1. The number of phenolic OH excluding ortho intramolecular Hbond substituents is 1. The summed E-state index contributed by atoms with van der Waals surface area (Å²) in [6, 6.07) is 26.0. The van der Waals surface area contributed by atoms with Crippen molar-refractivity contribution in [3.63, 3.8) is 0 Å². The lowest BCUT2D eigenvalue weighted by atomic mass is 10.1. The maximum atomic E-state index is 9.84. The van der Waals surface area contributed by atoms with Crippen LogP contribution in [-0.4, -0.2) is 12.2 Å². The van der Waals surface area contributed by atoms with Crippen LogP contribution in [0.1, 0.15) is 16.7 Å². The number of hydrogen-bond acceptors (Lipinski definition) is 3. The lowest BCUT2D eigenvalue weighted by Crippen LogP contribution is -1.87. The molecule has 1 N–H and O–H groups in total. The van der Waals surface area contributed by atoms with Crippen molar-refractivity contribution < 1.29 is 9.84 Å². The molecule has 126 valence electrons. The number of methoxy groups -OCH3 is 1. The first-order valence-corrected chi connectivity index (χ1v) is 9.05. The van der Waals surface area contributed by atoms with E-state index in [9.17, 15) is 5.11 Å². The van der Waals surface area contributed by atoms with Crippen LogP contribution in [0, 0.1) is 0 Å². The van der Waals surface area contributed by atoms with Gasteiger partial charge in [-0.3, -0.25) is 0 Å². The van der Waals surface area contributed by atoms with Gasteiger partial charge in [0.2, 0.25) is 0 Å². The Morgan fingerprint density at radius 3 is 2.32 bits per heavy atom. The zero-order chi connectivity index (χ0) is 17.5. The number of rotatable bonds is 6. The van der Waals surface area contributed by atoms with Gasteiger partial charge in [-0.15, -0.1) is 11.8 Å². The molecule has 2 nitrogen and oxygen atoms in total. The van der Waals surface area contributed by atoms with E-state index >= 15 is 0 Å². The lowest BCUT2D eigenvalue weighted by Gasteiger charge is -2.10. The molecule has 0 atom stereocenters. The average molecular weight is 348 g/mol. The van der Waals surface area contributed by atoms with E-state index in [1.54, 1.807) is 31.0 Å². The van der Waals surface area contributed by atoms with Gasteiger partial charge in [0.1, 0.15) is 11.5 Å². The normalized spacial score (nSPS) is 11.3. The minimum absolute atomic E-state index is 0.225. The fourth-order valence-corrected chi connectivity index (χ4v) is 3.53. The van der Waals surface area contributed by atoms with E-state index in [4.69, 9.17) is 4.74 Å². The Bertz CT molecular complexity index is 842. The third kappa shape index (κ3) is 4.91. The highest BCUT2D eigenvalue weighted by atomic mass is 32.2. The second-order valence-corrected chi connectivity index (χ2v) is 6.63. The third-order valence-corrected chi connectivity index (χ3v) is 4.88. The molecule has 0 heterocycles. The van der Waals surface area contributed by atoms with E-state index in [-0.39, 0.29) is 5.75 Å². The fourth-order valence-electron chi connectivity index (χ4n) is 2.52. The minimum atomic E-state index is 0.225. The SMILES string of the molecule is COc1cc(O)cc(CSC(=Cc2ccccc2)c2ccccc2)c1. The van der Waals surface area contributed by atoms with Gasteiger partial charge in [-0.25, -0.2) is 0 Å². The Morgan fingerprint density at radius 2 is 1.64 bits per heavy atom. The predicted octanol–water partition coefficient (Wildman–Crippen LogP) is 5.83. The third-order valence-electron chi connectivity index (χ3n) is 3.74. The summed E-state index contributed by atoms with van der Waals surface area (Å²) in [5, 5.41) is 9.84. The molecule has 0 bridgehead atoms. The van der Waals surface area contributed by atoms with Crippen molar-refractivity contribution in [2.45, 2.75) is 5.75 Å². The summed E-state index contributed by atoms with van der Waals surface area (Å²) < 4.78 is 5.24. The number of thioether (sulfide) groups is 1. The quantitative estimate of drug-likeness (QED) is 0.568. The molecule has 0 radical (unpaired) electrons. The highest BCUT2D eigenvalue weighted by molar-refractivity contribution is 8.07. The molecule has 0 aliphatic carbocycles. The summed E-state index contributed by atoms with van der Waals surface area (Å²) in [7, 11) is 1.61. The molecule has 3 aromatic rings. The molecule has 3 rings (SSSR count). The summed E-state index contributed by atoms with van der Waals surface area (Å²) in [6.45, 7) is 0. The van der Waals surface area contributed by atoms with Crippen molar-refractivity contribution in [1.29, 1.82) is 0 Å². The molecule has 0 spiro atoms. The van der Waals surface area contributed by atoms with Crippen molar-refractivity contribution in [3.8, 4) is 11.5 Å². The molecule has 0 amide bonds. The number of benzene rings is 3. The first-order chi connectivity index (χ1) is 12.2. The molecule has 0 unspecified atom stereocenters. The Labute approximate surface area is 152 Å². The van der Waals surface area contributed by atoms with Crippen LogP contribution in [0.3, 0.4) is 0 Å². The zero-order valence-electron chi connectivity index (χ0n) is 14.1. The maximum absolute atomic E-state index is 9.84. The smallest absolute Gasteiger partial charge is 0.122 e. The number of aromatic hydroxyl groups is 1. The van der Waals surface area contributed by atoms with Crippen molar-refractivity contribution in [2.24, 2.45) is 0 Å². The fraction of sp³-hybridized carbons (Fsp3) is 0.0909. The molecule has 3 heteroatoms. The summed E-state index contributed by atoms with van der Waals surface area (Å²) in [5.74, 6) is 1.64. The molecule has 0 aliphatic rings. The Balaban J connectivity index is 1.86. The van der Waals surface area contributed by atoms with Crippen molar-refractivity contribution in [2.75, 3.05) is 7.11 Å². The van der Waals surface area contributed by atoms with Crippen LogP contribution in [0.15, 0.2) is 78.9 Å². The molecule has 0 fully saturated rings. The summed E-state index contributed by atoms with van der Waals surface area (Å²) in [5.41, 5.74) is 3.38. The maximum Gasteiger partial charge on any atom is 0.122 e. The molecule has 3 aromatic carbocycles. The van der Waals surface area contributed by atoms with E-state index < -0.39 is 0 Å². The Hall–Kier alpha value is -2.65. The second-order valence-electron chi connectivity index (χ2n) is 5.61. The van der Waals surface area contributed by atoms with Crippen LogP contribution >= 0.6 is 11.8 Å². The first-order valence-electron chi connectivity index (χ1n) is 8.06. The van der Waals surface area contributed by atoms with Crippen molar-refractivity contribution >= 4 is 22.7 Å². The highest BCUT2D eigenvalue weighted by Crippen LogP contribution is 2.34. The first kappa shape index (κ1) is 17.2. The molecule has 0 aromatic heterocycles. The van der Waals surface area contributed by atoms with Crippen molar-refractivity contribution in [3.05, 3.63) is 95.6 Å². The van der Waals surface area contributed by atoms with Crippen LogP contribution in [-0.2, 0) is 5.75 Å². The van der Waals surface area contributed by atoms with Gasteiger partial charge in [-0.1, -0.05) is 60.7 Å². The van der Waals surface area contributed by atoms with E-state index in [0.717, 1.165) is 11.3 Å². The molecule has 0 saturated carbocycles. The average Bonchev–Trinajstić information content (AvgIpc) is 2.66. The topological polar surface area (TPSA) is 29.5 Å². The zero-order valence-corrected chi connectivity index (χ0v) is 14.9. The van der Waals surface area contributed by atoms with Crippen LogP contribution in [0.25, 0.3) is 11.0 Å². The van der Waals surface area contributed by atoms with E-state index in [1.807, 2.05) is 42.5 Å². The summed E-state index contributed by atoms with van der Waals surface area (Å²) >= 11 is 1.74. The van der Waals surface area contributed by atoms with E-state index in [1.165, 1.54) is 16.0 Å². The second kappa shape index (κ2) is 8.45. The van der Waals surface area contributed by atoms with Gasteiger partial charge in [-0.2, -0.15) is 0 Å². The van der Waals surface area contributed by atoms with Crippen LogP contribution in [0.2, 0.25) is 0 Å². The summed E-state index contributed by atoms with van der Waals surface area (Å²) in [6.07, 6.45) is 2.19. The van der Waals surface area contributed by atoms with Gasteiger partial charge in [-0.05, 0) is 34.9 Å². The number of hydrogen-bond donors (Lipinski definition) is 1. The van der Waals surface area contributed by atoms with Crippen LogP contribution < -0.4 is 4.74 Å². The number of ether oxygens (including phenoxy) is 1. The van der Waals surface area contributed by atoms with Gasteiger partial charge in [0.25, 0.3) is 0 Å². The molecule has 0 aliphatic heterocycles. The molecular weight excluding hydrogens is 328 g/mol. The monoisotopic (exact) mass is 348 g/mol. The van der Waals surface area contributed by atoms with Gasteiger partial charge >= 0.3 is 0 Å². The van der Waals surface area contributed by atoms with Gasteiger partial charge < -0.3 is 9.84 Å². The predicted molar refractivity (Wildman–Crippen MR) is 107 cm³/mol. The summed E-state index contributed by atoms with van der Waals surface area (Å²) in [4.78, 5) is 1.19. The van der Waals surface area contributed by atoms with E-state index in [0.29, 0.717) is 5.75 Å². The van der Waals surface area contributed by atoms with Gasteiger partial charge in [0, 0.05) is 16.7 Å². The molecule has 0 saturated heterocycles. The minimum Gasteiger partial charge on any atom is -0.508 e. The van der Waals surface area contributed by atoms with Gasteiger partial charge in [0.15, 0.2) is 0 Å². The van der Waals surface area contributed by atoms with Gasteiger partial charge in [0.05, 0.1) is 7.11 Å². The molecule has 25 heavy (non-hydrogen) atoms. The van der Waals surface area contributed by atoms with Crippen molar-refractivity contribution in [1.82, 2.24) is 0 Å². The van der Waals surface area contributed by atoms with Crippen LogP contribution in [0.4, 0.5) is 0 Å². The Morgan fingerprint density at radius 1 is 0.960 bits per heavy atom. The lowest BCUT2D eigenvalue weighted by molar-refractivity contribution is 0.407. The van der Waals surface area contributed by atoms with E-state index in [2.05, 4.69) is 30.3 Å². The standard InChI is InChI=1S/C22H20O2S/c1-24-21-13-18(12-20(23)15-21)16-25-22(19-10-6-3-7-11-19)14-17-8-4-2-5-9-17/h2-15,23H,16H2,1H3.